The van der Waals surface area contributed by atoms with Gasteiger partial charge in [-0.1, -0.05) is 63.6 Å². The highest BCUT2D eigenvalue weighted by molar-refractivity contribution is 5.28. The van der Waals surface area contributed by atoms with Crippen LogP contribution >= 0.6 is 0 Å². The largest absolute Gasteiger partial charge is 0.371 e. The van der Waals surface area contributed by atoms with Crippen LogP contribution in [0.4, 0.5) is 0 Å². The molecule has 2 nitrogen and oxygen atoms in total. The summed E-state index contributed by atoms with van der Waals surface area (Å²) in [6.07, 6.45) is 4.10. The van der Waals surface area contributed by atoms with Gasteiger partial charge in [-0.05, 0) is 30.5 Å². The molecule has 0 spiro atoms. The lowest BCUT2D eigenvalue weighted by Gasteiger charge is -2.34. The average molecular weight is 297 g/mol. The number of unbranched alkanes of at least 4 members (excludes halogenated alkanes) is 1. The number of rotatable bonds is 7. The minimum absolute atomic E-state index is 0.0398. The third kappa shape index (κ3) is 3.95. The zero-order chi connectivity index (χ0) is 16.0. The van der Waals surface area contributed by atoms with Gasteiger partial charge in [0.2, 0.25) is 0 Å². The van der Waals surface area contributed by atoms with Crippen LogP contribution in [-0.2, 0) is 10.2 Å². The van der Waals surface area contributed by atoms with Gasteiger partial charge in [-0.2, -0.15) is 0 Å². The SMILES string of the molecule is CCCCO[C@@H](c1ccc(C)cn1)C(C)(C)c1ccccc1. The fraction of sp³-hybridized carbons (Fsp3) is 0.450. The molecular weight excluding hydrogens is 270 g/mol. The predicted octanol–water partition coefficient (Wildman–Crippen LogP) is 5.23. The molecule has 0 bridgehead atoms. The molecule has 22 heavy (non-hydrogen) atoms. The van der Waals surface area contributed by atoms with E-state index in [2.05, 4.69) is 75.1 Å². The zero-order valence-corrected chi connectivity index (χ0v) is 14.2. The second kappa shape index (κ2) is 7.55. The fourth-order valence-corrected chi connectivity index (χ4v) is 2.66. The van der Waals surface area contributed by atoms with E-state index in [-0.39, 0.29) is 11.5 Å². The predicted molar refractivity (Wildman–Crippen MR) is 92.0 cm³/mol. The minimum atomic E-state index is -0.128. The van der Waals surface area contributed by atoms with Crippen LogP contribution < -0.4 is 0 Å². The Balaban J connectivity index is 2.32. The molecule has 0 N–H and O–H groups in total. The van der Waals surface area contributed by atoms with Gasteiger partial charge in [-0.15, -0.1) is 0 Å². The van der Waals surface area contributed by atoms with Crippen LogP contribution in [0.5, 0.6) is 0 Å². The van der Waals surface area contributed by atoms with Gasteiger partial charge in [0, 0.05) is 18.2 Å². The summed E-state index contributed by atoms with van der Waals surface area (Å²) in [5.74, 6) is 0. The highest BCUT2D eigenvalue weighted by Crippen LogP contribution is 2.38. The number of pyridine rings is 1. The number of hydrogen-bond acceptors (Lipinski definition) is 2. The summed E-state index contributed by atoms with van der Waals surface area (Å²) in [4.78, 5) is 4.62. The molecule has 1 aromatic heterocycles. The molecule has 2 heteroatoms. The zero-order valence-electron chi connectivity index (χ0n) is 14.2. The molecule has 0 fully saturated rings. The van der Waals surface area contributed by atoms with E-state index >= 15 is 0 Å². The highest BCUT2D eigenvalue weighted by atomic mass is 16.5. The van der Waals surface area contributed by atoms with E-state index in [0.717, 1.165) is 25.1 Å². The third-order valence-electron chi connectivity index (χ3n) is 4.16. The number of aryl methyl sites for hydroxylation is 1. The van der Waals surface area contributed by atoms with E-state index in [1.54, 1.807) is 0 Å². The van der Waals surface area contributed by atoms with Crippen molar-refractivity contribution in [3.05, 3.63) is 65.5 Å². The molecule has 0 aliphatic rings. The molecule has 0 aliphatic carbocycles. The molecule has 0 radical (unpaired) electrons. The van der Waals surface area contributed by atoms with Gasteiger partial charge in [0.25, 0.3) is 0 Å². The van der Waals surface area contributed by atoms with Gasteiger partial charge in [0.05, 0.1) is 5.69 Å². The lowest BCUT2D eigenvalue weighted by Crippen LogP contribution is -2.30. The standard InChI is InChI=1S/C20H27NO/c1-5-6-14-22-19(18-13-12-16(2)15-21-18)20(3,4)17-10-8-7-9-11-17/h7-13,15,19H,5-6,14H2,1-4H3/t19-/m0/s1. The first-order valence-electron chi connectivity index (χ1n) is 8.15. The van der Waals surface area contributed by atoms with Gasteiger partial charge >= 0.3 is 0 Å². The third-order valence-corrected chi connectivity index (χ3v) is 4.16. The lowest BCUT2D eigenvalue weighted by molar-refractivity contribution is 0.000703. The van der Waals surface area contributed by atoms with Gasteiger partial charge in [0.1, 0.15) is 6.10 Å². The molecular formula is C20H27NO. The maximum atomic E-state index is 6.27. The molecule has 0 saturated carbocycles. The monoisotopic (exact) mass is 297 g/mol. The molecule has 0 amide bonds. The van der Waals surface area contributed by atoms with E-state index in [0.29, 0.717) is 0 Å². The van der Waals surface area contributed by atoms with Crippen molar-refractivity contribution >= 4 is 0 Å². The second-order valence-corrected chi connectivity index (χ2v) is 6.45. The summed E-state index contributed by atoms with van der Waals surface area (Å²) in [6, 6.07) is 14.8. The van der Waals surface area contributed by atoms with Crippen LogP contribution in [0.1, 0.15) is 56.5 Å². The Hall–Kier alpha value is -1.67. The molecule has 0 aliphatic heterocycles. The first kappa shape index (κ1) is 16.7. The second-order valence-electron chi connectivity index (χ2n) is 6.45. The summed E-state index contributed by atoms with van der Waals surface area (Å²) < 4.78 is 6.27. The lowest BCUT2D eigenvalue weighted by atomic mass is 9.78. The first-order chi connectivity index (χ1) is 10.6. The molecule has 2 aromatic rings. The van der Waals surface area contributed by atoms with Crippen molar-refractivity contribution in [1.82, 2.24) is 4.98 Å². The molecule has 0 unspecified atom stereocenters. The van der Waals surface area contributed by atoms with Crippen LogP contribution in [0.25, 0.3) is 0 Å². The Morgan fingerprint density at radius 1 is 1.09 bits per heavy atom. The van der Waals surface area contributed by atoms with Gasteiger partial charge < -0.3 is 4.74 Å². The molecule has 118 valence electrons. The number of ether oxygens (including phenoxy) is 1. The summed E-state index contributed by atoms with van der Waals surface area (Å²) in [5, 5.41) is 0. The van der Waals surface area contributed by atoms with Crippen molar-refractivity contribution in [2.45, 2.75) is 52.1 Å². The average Bonchev–Trinajstić information content (AvgIpc) is 2.53. The number of aromatic nitrogens is 1. The van der Waals surface area contributed by atoms with E-state index in [9.17, 15) is 0 Å². The van der Waals surface area contributed by atoms with Crippen LogP contribution in [0.15, 0.2) is 48.7 Å². The molecule has 2 rings (SSSR count). The van der Waals surface area contributed by atoms with Gasteiger partial charge in [-0.25, -0.2) is 0 Å². The van der Waals surface area contributed by atoms with Crippen molar-refractivity contribution in [2.24, 2.45) is 0 Å². The number of benzene rings is 1. The number of hydrogen-bond donors (Lipinski definition) is 0. The molecule has 1 aromatic carbocycles. The van der Waals surface area contributed by atoms with Crippen molar-refractivity contribution in [3.8, 4) is 0 Å². The van der Waals surface area contributed by atoms with Crippen LogP contribution in [0, 0.1) is 6.92 Å². The number of nitrogens with zero attached hydrogens (tertiary/aromatic N) is 1. The maximum absolute atomic E-state index is 6.27. The summed E-state index contributed by atoms with van der Waals surface area (Å²) in [6.45, 7) is 9.49. The fourth-order valence-electron chi connectivity index (χ4n) is 2.66. The van der Waals surface area contributed by atoms with Crippen molar-refractivity contribution in [3.63, 3.8) is 0 Å². The van der Waals surface area contributed by atoms with Crippen molar-refractivity contribution in [1.29, 1.82) is 0 Å². The summed E-state index contributed by atoms with van der Waals surface area (Å²) in [5.41, 5.74) is 3.33. The molecule has 0 saturated heterocycles. The van der Waals surface area contributed by atoms with E-state index in [1.807, 2.05) is 6.20 Å². The first-order valence-corrected chi connectivity index (χ1v) is 8.15. The van der Waals surface area contributed by atoms with Crippen molar-refractivity contribution in [2.75, 3.05) is 6.61 Å². The highest BCUT2D eigenvalue weighted by Gasteiger charge is 2.34. The topological polar surface area (TPSA) is 22.1 Å². The minimum Gasteiger partial charge on any atom is -0.371 e. The Morgan fingerprint density at radius 2 is 1.82 bits per heavy atom. The van der Waals surface area contributed by atoms with Crippen LogP contribution in [0.3, 0.4) is 0 Å². The summed E-state index contributed by atoms with van der Waals surface area (Å²) >= 11 is 0. The molecule has 1 heterocycles. The van der Waals surface area contributed by atoms with Gasteiger partial charge in [0.15, 0.2) is 0 Å². The Morgan fingerprint density at radius 3 is 2.41 bits per heavy atom. The van der Waals surface area contributed by atoms with E-state index in [1.165, 1.54) is 11.1 Å². The van der Waals surface area contributed by atoms with Crippen molar-refractivity contribution < 1.29 is 4.74 Å². The summed E-state index contributed by atoms with van der Waals surface area (Å²) in [7, 11) is 0. The van der Waals surface area contributed by atoms with E-state index < -0.39 is 0 Å². The smallest absolute Gasteiger partial charge is 0.108 e. The normalized spacial score (nSPS) is 13.1. The van der Waals surface area contributed by atoms with Gasteiger partial charge in [-0.3, -0.25) is 4.98 Å². The quantitative estimate of drug-likeness (QED) is 0.653. The van der Waals surface area contributed by atoms with E-state index in [4.69, 9.17) is 4.74 Å². The maximum Gasteiger partial charge on any atom is 0.108 e. The van der Waals surface area contributed by atoms with Crippen LogP contribution in [-0.4, -0.2) is 11.6 Å². The Labute approximate surface area is 134 Å². The Kier molecular flexibility index (Phi) is 5.73. The van der Waals surface area contributed by atoms with Crippen LogP contribution in [0.2, 0.25) is 0 Å². The molecule has 1 atom stereocenters. The Bertz CT molecular complexity index is 560.